The van der Waals surface area contributed by atoms with Crippen molar-refractivity contribution < 1.29 is 9.47 Å². The zero-order valence-electron chi connectivity index (χ0n) is 17.5. The lowest BCUT2D eigenvalue weighted by atomic mass is 10.0. The van der Waals surface area contributed by atoms with Crippen LogP contribution in [0, 0.1) is 6.92 Å². The van der Waals surface area contributed by atoms with Gasteiger partial charge in [-0.1, -0.05) is 54.6 Å². The predicted molar refractivity (Wildman–Crippen MR) is 116 cm³/mol. The first-order valence-corrected chi connectivity index (χ1v) is 10.2. The first-order chi connectivity index (χ1) is 15.2. The lowest BCUT2D eigenvalue weighted by Gasteiger charge is -2.28. The summed E-state index contributed by atoms with van der Waals surface area (Å²) in [6.07, 6.45) is 0. The minimum Gasteiger partial charge on any atom is -0.454 e. The number of hydrogen-bond acceptors (Lipinski definition) is 6. The van der Waals surface area contributed by atoms with Crippen LogP contribution in [0.25, 0.3) is 5.69 Å². The lowest BCUT2D eigenvalue weighted by molar-refractivity contribution is 0.174. The molecule has 2 heterocycles. The molecule has 7 heteroatoms. The second-order valence-corrected chi connectivity index (χ2v) is 7.65. The molecule has 1 aromatic heterocycles. The molecule has 1 aliphatic rings. The van der Waals surface area contributed by atoms with Gasteiger partial charge in [-0.3, -0.25) is 4.90 Å². The molecule has 0 spiro atoms. The van der Waals surface area contributed by atoms with E-state index in [0.29, 0.717) is 6.54 Å². The topological polar surface area (TPSA) is 65.3 Å². The summed E-state index contributed by atoms with van der Waals surface area (Å²) in [5.41, 5.74) is 4.33. The Balaban J connectivity index is 1.53. The Hall–Kier alpha value is -3.71. The number of nitrogens with zero attached hydrogens (tertiary/aromatic N) is 5. The molecule has 0 aliphatic carbocycles. The number of aromatic nitrogens is 4. The molecular formula is C24H23N5O2. The summed E-state index contributed by atoms with van der Waals surface area (Å²) in [5.74, 6) is 2.34. The monoisotopic (exact) mass is 413 g/mol. The van der Waals surface area contributed by atoms with Crippen LogP contribution in [-0.4, -0.2) is 38.9 Å². The van der Waals surface area contributed by atoms with Crippen LogP contribution in [-0.2, 0) is 6.54 Å². The van der Waals surface area contributed by atoms with E-state index < -0.39 is 0 Å². The molecule has 0 N–H and O–H groups in total. The number of rotatable bonds is 6. The fourth-order valence-corrected chi connectivity index (χ4v) is 3.99. The van der Waals surface area contributed by atoms with Crippen LogP contribution in [0.5, 0.6) is 11.5 Å². The number of hydrogen-bond donors (Lipinski definition) is 0. The van der Waals surface area contributed by atoms with E-state index in [4.69, 9.17) is 9.47 Å². The smallest absolute Gasteiger partial charge is 0.231 e. The highest BCUT2D eigenvalue weighted by atomic mass is 16.7. The summed E-state index contributed by atoms with van der Waals surface area (Å²) in [5, 5.41) is 12.8. The van der Waals surface area contributed by atoms with Crippen molar-refractivity contribution in [2.45, 2.75) is 19.5 Å². The van der Waals surface area contributed by atoms with Crippen molar-refractivity contribution in [3.8, 4) is 17.2 Å². The molecule has 7 nitrogen and oxygen atoms in total. The maximum absolute atomic E-state index is 5.55. The second kappa shape index (κ2) is 8.20. The van der Waals surface area contributed by atoms with E-state index in [9.17, 15) is 0 Å². The van der Waals surface area contributed by atoms with E-state index in [1.54, 1.807) is 0 Å². The van der Waals surface area contributed by atoms with Gasteiger partial charge in [0.15, 0.2) is 17.3 Å². The molecule has 0 bridgehead atoms. The van der Waals surface area contributed by atoms with Crippen molar-refractivity contribution in [1.29, 1.82) is 0 Å². The van der Waals surface area contributed by atoms with Crippen molar-refractivity contribution in [2.24, 2.45) is 0 Å². The van der Waals surface area contributed by atoms with Gasteiger partial charge in [0.05, 0.1) is 11.7 Å². The number of aryl methyl sites for hydroxylation is 1. The summed E-state index contributed by atoms with van der Waals surface area (Å²) in [4.78, 5) is 2.24. The Bertz CT molecular complexity index is 1190. The fraction of sp³-hybridized carbons (Fsp3) is 0.208. The number of para-hydroxylation sites is 1. The van der Waals surface area contributed by atoms with Gasteiger partial charge in [0.25, 0.3) is 0 Å². The van der Waals surface area contributed by atoms with Crippen LogP contribution in [0.1, 0.15) is 28.6 Å². The quantitative estimate of drug-likeness (QED) is 0.477. The summed E-state index contributed by atoms with van der Waals surface area (Å²) in [6, 6.07) is 24.4. The number of tetrazole rings is 1. The normalized spacial score (nSPS) is 13.5. The number of benzene rings is 3. The Morgan fingerprint density at radius 3 is 2.58 bits per heavy atom. The highest BCUT2D eigenvalue weighted by Gasteiger charge is 2.27. The standard InChI is InChI=1S/C24H23N5O2/c1-17-8-6-7-11-20(17)29-24(25-26-27-29)23(19-9-4-3-5-10-19)28(2)15-18-12-13-21-22(14-18)31-16-30-21/h3-14,23H,15-16H2,1-2H3. The third-order valence-electron chi connectivity index (χ3n) is 5.51. The Morgan fingerprint density at radius 2 is 1.74 bits per heavy atom. The SMILES string of the molecule is Cc1ccccc1-n1nnnc1C(c1ccccc1)N(C)Cc1ccc2c(c1)OCO2. The van der Waals surface area contributed by atoms with E-state index in [1.807, 2.05) is 53.2 Å². The highest BCUT2D eigenvalue weighted by Crippen LogP contribution is 2.34. The Labute approximate surface area is 180 Å². The maximum Gasteiger partial charge on any atom is 0.231 e. The largest absolute Gasteiger partial charge is 0.454 e. The molecule has 3 aromatic carbocycles. The van der Waals surface area contributed by atoms with Gasteiger partial charge < -0.3 is 9.47 Å². The van der Waals surface area contributed by atoms with E-state index in [1.165, 1.54) is 0 Å². The number of ether oxygens (including phenoxy) is 2. The summed E-state index contributed by atoms with van der Waals surface area (Å²) < 4.78 is 12.8. The van der Waals surface area contributed by atoms with Gasteiger partial charge in [-0.2, -0.15) is 4.68 Å². The molecule has 5 rings (SSSR count). The molecule has 4 aromatic rings. The van der Waals surface area contributed by atoms with E-state index >= 15 is 0 Å². The third kappa shape index (κ3) is 3.75. The Morgan fingerprint density at radius 1 is 0.968 bits per heavy atom. The first kappa shape index (κ1) is 19.3. The van der Waals surface area contributed by atoms with Gasteiger partial charge in [0.1, 0.15) is 0 Å². The van der Waals surface area contributed by atoms with Crippen molar-refractivity contribution in [3.63, 3.8) is 0 Å². The molecule has 0 radical (unpaired) electrons. The predicted octanol–water partition coefficient (Wildman–Crippen LogP) is 3.92. The molecule has 1 unspecified atom stereocenters. The molecule has 156 valence electrons. The van der Waals surface area contributed by atoms with Gasteiger partial charge in [-0.15, -0.1) is 5.10 Å². The summed E-state index contributed by atoms with van der Waals surface area (Å²) in [6.45, 7) is 3.03. The van der Waals surface area contributed by atoms with Crippen molar-refractivity contribution >= 4 is 0 Å². The van der Waals surface area contributed by atoms with Crippen molar-refractivity contribution in [3.05, 3.63) is 95.3 Å². The average molecular weight is 413 g/mol. The van der Waals surface area contributed by atoms with Crippen LogP contribution >= 0.6 is 0 Å². The molecular weight excluding hydrogens is 390 g/mol. The van der Waals surface area contributed by atoms with E-state index in [2.05, 4.69) is 58.7 Å². The summed E-state index contributed by atoms with van der Waals surface area (Å²) >= 11 is 0. The van der Waals surface area contributed by atoms with Gasteiger partial charge in [-0.05, 0) is 59.3 Å². The van der Waals surface area contributed by atoms with E-state index in [0.717, 1.165) is 39.7 Å². The zero-order chi connectivity index (χ0) is 21.2. The van der Waals surface area contributed by atoms with Crippen LogP contribution in [0.4, 0.5) is 0 Å². The average Bonchev–Trinajstić information content (AvgIpc) is 3.44. The maximum atomic E-state index is 5.55. The van der Waals surface area contributed by atoms with Gasteiger partial charge in [0.2, 0.25) is 6.79 Å². The molecule has 1 atom stereocenters. The molecule has 0 saturated carbocycles. The first-order valence-electron chi connectivity index (χ1n) is 10.2. The molecule has 0 amide bonds. The van der Waals surface area contributed by atoms with Gasteiger partial charge >= 0.3 is 0 Å². The number of fused-ring (bicyclic) bond motifs is 1. The fourth-order valence-electron chi connectivity index (χ4n) is 3.99. The zero-order valence-corrected chi connectivity index (χ0v) is 17.5. The Kier molecular flexibility index (Phi) is 5.09. The van der Waals surface area contributed by atoms with Crippen LogP contribution in [0.2, 0.25) is 0 Å². The van der Waals surface area contributed by atoms with E-state index in [-0.39, 0.29) is 12.8 Å². The molecule has 31 heavy (non-hydrogen) atoms. The van der Waals surface area contributed by atoms with Crippen LogP contribution < -0.4 is 9.47 Å². The van der Waals surface area contributed by atoms with Gasteiger partial charge in [-0.25, -0.2) is 0 Å². The van der Waals surface area contributed by atoms with Crippen LogP contribution in [0.3, 0.4) is 0 Å². The minimum atomic E-state index is -0.138. The van der Waals surface area contributed by atoms with Gasteiger partial charge in [0, 0.05) is 6.54 Å². The minimum absolute atomic E-state index is 0.138. The van der Waals surface area contributed by atoms with Crippen LogP contribution in [0.15, 0.2) is 72.8 Å². The molecule has 0 saturated heterocycles. The molecule has 1 aliphatic heterocycles. The summed E-state index contributed by atoms with van der Waals surface area (Å²) in [7, 11) is 2.08. The highest BCUT2D eigenvalue weighted by molar-refractivity contribution is 5.45. The second-order valence-electron chi connectivity index (χ2n) is 7.65. The molecule has 0 fully saturated rings. The lowest BCUT2D eigenvalue weighted by Crippen LogP contribution is -2.28. The van der Waals surface area contributed by atoms with Crippen molar-refractivity contribution in [1.82, 2.24) is 25.1 Å². The third-order valence-corrected chi connectivity index (χ3v) is 5.51. The van der Waals surface area contributed by atoms with Crippen molar-refractivity contribution in [2.75, 3.05) is 13.8 Å².